The first-order valence-corrected chi connectivity index (χ1v) is 6.67. The van der Waals surface area contributed by atoms with Gasteiger partial charge in [-0.25, -0.2) is 0 Å². The fraction of sp³-hybridized carbons (Fsp3) is 0.312. The highest BCUT2D eigenvalue weighted by molar-refractivity contribution is 5.29. The van der Waals surface area contributed by atoms with E-state index in [0.29, 0.717) is 6.54 Å². The molecule has 106 valence electrons. The monoisotopic (exact) mass is 271 g/mol. The van der Waals surface area contributed by atoms with Crippen LogP contribution in [-0.2, 0) is 6.54 Å². The number of benzene rings is 1. The van der Waals surface area contributed by atoms with E-state index in [9.17, 15) is 0 Å². The van der Waals surface area contributed by atoms with Crippen molar-refractivity contribution in [3.05, 3.63) is 59.9 Å². The Morgan fingerprint density at radius 2 is 1.80 bits per heavy atom. The van der Waals surface area contributed by atoms with Gasteiger partial charge in [-0.1, -0.05) is 12.1 Å². The molecule has 2 rings (SSSR count). The van der Waals surface area contributed by atoms with Crippen molar-refractivity contribution in [1.29, 1.82) is 0 Å². The predicted octanol–water partition coefficient (Wildman–Crippen LogP) is 2.22. The zero-order valence-electron chi connectivity index (χ0n) is 12.0. The van der Waals surface area contributed by atoms with E-state index in [1.807, 2.05) is 36.7 Å². The second kappa shape index (κ2) is 7.03. The summed E-state index contributed by atoms with van der Waals surface area (Å²) in [5.74, 6) is 0.862. The maximum atomic E-state index is 5.94. The number of ether oxygens (including phenoxy) is 1. The molecule has 4 nitrogen and oxygen atoms in total. The van der Waals surface area contributed by atoms with Gasteiger partial charge in [0.05, 0.1) is 7.11 Å². The van der Waals surface area contributed by atoms with Crippen molar-refractivity contribution in [3.63, 3.8) is 0 Å². The number of hydrogen-bond donors (Lipinski definition) is 1. The molecule has 1 atom stereocenters. The smallest absolute Gasteiger partial charge is 0.118 e. The molecule has 4 heteroatoms. The molecular formula is C16H21N3O. The van der Waals surface area contributed by atoms with Gasteiger partial charge in [-0.15, -0.1) is 0 Å². The van der Waals surface area contributed by atoms with E-state index in [-0.39, 0.29) is 6.04 Å². The highest BCUT2D eigenvalue weighted by Gasteiger charge is 2.15. The topological polar surface area (TPSA) is 51.4 Å². The number of hydrogen-bond acceptors (Lipinski definition) is 4. The van der Waals surface area contributed by atoms with Gasteiger partial charge in [0.2, 0.25) is 0 Å². The molecule has 0 saturated heterocycles. The third-order valence-electron chi connectivity index (χ3n) is 3.44. The zero-order chi connectivity index (χ0) is 14.4. The maximum Gasteiger partial charge on any atom is 0.118 e. The standard InChI is InChI=1S/C16H21N3O/c1-19(12-13-7-9-18-10-8-13)16(11-17)14-3-5-15(20-2)6-4-14/h3-10,16H,11-12,17H2,1-2H3. The largest absolute Gasteiger partial charge is 0.497 e. The molecule has 1 heterocycles. The van der Waals surface area contributed by atoms with Crippen LogP contribution >= 0.6 is 0 Å². The molecule has 0 aliphatic carbocycles. The van der Waals surface area contributed by atoms with Crippen molar-refractivity contribution in [2.75, 3.05) is 20.7 Å². The Kier molecular flexibility index (Phi) is 5.09. The van der Waals surface area contributed by atoms with Gasteiger partial charge in [0.15, 0.2) is 0 Å². The summed E-state index contributed by atoms with van der Waals surface area (Å²) in [6, 6.07) is 12.3. The molecule has 0 aliphatic rings. The lowest BCUT2D eigenvalue weighted by Crippen LogP contribution is -2.30. The van der Waals surface area contributed by atoms with Crippen LogP contribution in [0.5, 0.6) is 5.75 Å². The second-order valence-electron chi connectivity index (χ2n) is 4.80. The number of nitrogens with two attached hydrogens (primary N) is 1. The van der Waals surface area contributed by atoms with E-state index in [1.165, 1.54) is 11.1 Å². The summed E-state index contributed by atoms with van der Waals surface area (Å²) >= 11 is 0. The molecule has 0 spiro atoms. The van der Waals surface area contributed by atoms with Crippen LogP contribution in [0.2, 0.25) is 0 Å². The summed E-state index contributed by atoms with van der Waals surface area (Å²) in [6.45, 7) is 1.42. The van der Waals surface area contributed by atoms with Crippen molar-refractivity contribution < 1.29 is 4.74 Å². The number of pyridine rings is 1. The van der Waals surface area contributed by atoms with Crippen LogP contribution in [0.25, 0.3) is 0 Å². The molecule has 0 radical (unpaired) electrons. The molecule has 1 aromatic carbocycles. The van der Waals surface area contributed by atoms with Gasteiger partial charge in [0.1, 0.15) is 5.75 Å². The van der Waals surface area contributed by atoms with Crippen LogP contribution in [-0.4, -0.2) is 30.6 Å². The summed E-state index contributed by atoms with van der Waals surface area (Å²) in [7, 11) is 3.76. The molecule has 0 fully saturated rings. The van der Waals surface area contributed by atoms with E-state index in [1.54, 1.807) is 7.11 Å². The fourth-order valence-corrected chi connectivity index (χ4v) is 2.28. The predicted molar refractivity (Wildman–Crippen MR) is 80.5 cm³/mol. The Bertz CT molecular complexity index is 513. The van der Waals surface area contributed by atoms with Crippen molar-refractivity contribution >= 4 is 0 Å². The number of rotatable bonds is 6. The van der Waals surface area contributed by atoms with Crippen LogP contribution in [0, 0.1) is 0 Å². The maximum absolute atomic E-state index is 5.94. The second-order valence-corrected chi connectivity index (χ2v) is 4.80. The zero-order valence-corrected chi connectivity index (χ0v) is 12.0. The molecule has 2 aromatic rings. The first-order valence-electron chi connectivity index (χ1n) is 6.67. The van der Waals surface area contributed by atoms with Gasteiger partial charge in [-0.2, -0.15) is 0 Å². The minimum Gasteiger partial charge on any atom is -0.497 e. The molecule has 20 heavy (non-hydrogen) atoms. The number of likely N-dealkylation sites (N-methyl/N-ethyl adjacent to an activating group) is 1. The molecule has 1 unspecified atom stereocenters. The van der Waals surface area contributed by atoms with Crippen LogP contribution in [0.15, 0.2) is 48.8 Å². The van der Waals surface area contributed by atoms with E-state index < -0.39 is 0 Å². The third-order valence-corrected chi connectivity index (χ3v) is 3.44. The summed E-state index contributed by atoms with van der Waals surface area (Å²) in [6.07, 6.45) is 3.63. The van der Waals surface area contributed by atoms with E-state index in [4.69, 9.17) is 10.5 Å². The highest BCUT2D eigenvalue weighted by Crippen LogP contribution is 2.22. The normalized spacial score (nSPS) is 12.4. The van der Waals surface area contributed by atoms with Gasteiger partial charge in [-0.05, 0) is 42.4 Å². The van der Waals surface area contributed by atoms with Gasteiger partial charge in [0, 0.05) is 31.5 Å². The van der Waals surface area contributed by atoms with E-state index in [0.717, 1.165) is 12.3 Å². The Balaban J connectivity index is 2.10. The average Bonchev–Trinajstić information content (AvgIpc) is 2.49. The molecule has 1 aromatic heterocycles. The number of nitrogens with zero attached hydrogens (tertiary/aromatic N) is 2. The van der Waals surface area contributed by atoms with Gasteiger partial charge >= 0.3 is 0 Å². The van der Waals surface area contributed by atoms with Crippen molar-refractivity contribution in [2.45, 2.75) is 12.6 Å². The van der Waals surface area contributed by atoms with Gasteiger partial charge < -0.3 is 10.5 Å². The lowest BCUT2D eigenvalue weighted by molar-refractivity contribution is 0.241. The molecular weight excluding hydrogens is 250 g/mol. The van der Waals surface area contributed by atoms with E-state index >= 15 is 0 Å². The third kappa shape index (κ3) is 3.56. The minimum absolute atomic E-state index is 0.189. The first-order chi connectivity index (χ1) is 9.74. The van der Waals surface area contributed by atoms with Crippen LogP contribution < -0.4 is 10.5 Å². The van der Waals surface area contributed by atoms with Crippen molar-refractivity contribution in [3.8, 4) is 5.75 Å². The Labute approximate surface area is 120 Å². The molecule has 0 amide bonds. The summed E-state index contributed by atoms with van der Waals surface area (Å²) in [5, 5.41) is 0. The number of aromatic nitrogens is 1. The molecule has 0 bridgehead atoms. The molecule has 0 saturated carbocycles. The Morgan fingerprint density at radius 3 is 2.35 bits per heavy atom. The average molecular weight is 271 g/mol. The summed E-state index contributed by atoms with van der Waals surface area (Å²) in [4.78, 5) is 6.29. The minimum atomic E-state index is 0.189. The van der Waals surface area contributed by atoms with Crippen LogP contribution in [0.1, 0.15) is 17.2 Å². The summed E-state index contributed by atoms with van der Waals surface area (Å²) < 4.78 is 5.19. The Hall–Kier alpha value is -1.91. The van der Waals surface area contributed by atoms with Crippen LogP contribution in [0.4, 0.5) is 0 Å². The van der Waals surface area contributed by atoms with E-state index in [2.05, 4.69) is 29.1 Å². The highest BCUT2D eigenvalue weighted by atomic mass is 16.5. The summed E-state index contributed by atoms with van der Waals surface area (Å²) in [5.41, 5.74) is 8.37. The van der Waals surface area contributed by atoms with Gasteiger partial charge in [-0.3, -0.25) is 9.88 Å². The Morgan fingerprint density at radius 1 is 1.15 bits per heavy atom. The van der Waals surface area contributed by atoms with Crippen molar-refractivity contribution in [2.24, 2.45) is 5.73 Å². The lowest BCUT2D eigenvalue weighted by atomic mass is 10.0. The molecule has 2 N–H and O–H groups in total. The lowest BCUT2D eigenvalue weighted by Gasteiger charge is -2.27. The fourth-order valence-electron chi connectivity index (χ4n) is 2.28. The first kappa shape index (κ1) is 14.5. The van der Waals surface area contributed by atoms with Crippen LogP contribution in [0.3, 0.4) is 0 Å². The van der Waals surface area contributed by atoms with Crippen molar-refractivity contribution in [1.82, 2.24) is 9.88 Å². The molecule has 0 aliphatic heterocycles. The number of methoxy groups -OCH3 is 1. The SMILES string of the molecule is COc1ccc(C(CN)N(C)Cc2ccncc2)cc1. The van der Waals surface area contributed by atoms with Gasteiger partial charge in [0.25, 0.3) is 0 Å². The quantitative estimate of drug-likeness (QED) is 0.875.